The molecule has 0 atom stereocenters. The third kappa shape index (κ3) is 1.25. The summed E-state index contributed by atoms with van der Waals surface area (Å²) in [5.74, 6) is 0. The third-order valence-electron chi connectivity index (χ3n) is 0.922. The van der Waals surface area contributed by atoms with E-state index in [0.717, 1.165) is 0 Å². The summed E-state index contributed by atoms with van der Waals surface area (Å²) in [6, 6.07) is 8.75. The number of benzene rings is 1. The van der Waals surface area contributed by atoms with Gasteiger partial charge in [0.15, 0.2) is 0 Å². The molecule has 0 fully saturated rings. The second kappa shape index (κ2) is 2.26. The summed E-state index contributed by atoms with van der Waals surface area (Å²) in [6.45, 7) is 0. The van der Waals surface area contributed by atoms with Gasteiger partial charge in [0.25, 0.3) is 4.92 Å². The lowest BCUT2D eigenvalue weighted by atomic mass is 10.3. The van der Waals surface area contributed by atoms with Crippen molar-refractivity contribution in [2.24, 2.45) is 0 Å². The first kappa shape index (κ1) is 5.75. The molecular weight excluding hydrogens is 118 g/mol. The first-order valence-corrected chi connectivity index (χ1v) is 2.43. The highest BCUT2D eigenvalue weighted by Crippen LogP contribution is 2.05. The van der Waals surface area contributed by atoms with Crippen molar-refractivity contribution in [1.82, 2.24) is 0 Å². The molecule has 0 amide bonds. The molecule has 0 unspecified atom stereocenters. The van der Waals surface area contributed by atoms with Gasteiger partial charge in [-0.2, -0.15) is 0 Å². The van der Waals surface area contributed by atoms with E-state index in [1.54, 1.807) is 12.1 Å². The van der Waals surface area contributed by atoms with Gasteiger partial charge >= 0.3 is 5.69 Å². The Morgan fingerprint density at radius 3 is 2.33 bits per heavy atom. The van der Waals surface area contributed by atoms with Crippen LogP contribution in [0.4, 0.5) is 5.69 Å². The van der Waals surface area contributed by atoms with Crippen LogP contribution in [0.2, 0.25) is 0 Å². The first-order chi connectivity index (χ1) is 4.30. The highest BCUT2D eigenvalue weighted by atomic mass is 16.6. The Balaban J connectivity index is 2.98. The quantitative estimate of drug-likeness (QED) is 0.571. The van der Waals surface area contributed by atoms with Crippen LogP contribution in [0.15, 0.2) is 24.3 Å². The molecule has 45 valence electrons. The SMILES string of the molecule is O=[N+](O)c1cc[c]cc1. The van der Waals surface area contributed by atoms with Gasteiger partial charge in [0.05, 0.1) is 4.91 Å². The highest BCUT2D eigenvalue weighted by Gasteiger charge is 2.06. The van der Waals surface area contributed by atoms with Gasteiger partial charge in [-0.15, -0.1) is 0 Å². The molecule has 0 bridgehead atoms. The van der Waals surface area contributed by atoms with Crippen molar-refractivity contribution < 1.29 is 10.1 Å². The number of hydrogen-bond donors (Lipinski definition) is 1. The molecule has 3 nitrogen and oxygen atoms in total. The van der Waals surface area contributed by atoms with Crippen molar-refractivity contribution >= 4 is 5.69 Å². The Morgan fingerprint density at radius 1 is 1.44 bits per heavy atom. The maximum Gasteiger partial charge on any atom is 0.316 e. The lowest BCUT2D eigenvalue weighted by molar-refractivity contribution is -0.729. The maximum atomic E-state index is 10.1. The van der Waals surface area contributed by atoms with Gasteiger partial charge in [0.2, 0.25) is 0 Å². The van der Waals surface area contributed by atoms with E-state index in [4.69, 9.17) is 5.21 Å². The van der Waals surface area contributed by atoms with Gasteiger partial charge < -0.3 is 0 Å². The van der Waals surface area contributed by atoms with Crippen molar-refractivity contribution in [2.75, 3.05) is 0 Å². The van der Waals surface area contributed by atoms with E-state index in [0.29, 0.717) is 0 Å². The Kier molecular flexibility index (Phi) is 1.44. The van der Waals surface area contributed by atoms with E-state index in [-0.39, 0.29) is 10.6 Å². The second-order valence-electron chi connectivity index (χ2n) is 1.53. The highest BCUT2D eigenvalue weighted by molar-refractivity contribution is 5.26. The topological polar surface area (TPSA) is 40.3 Å². The molecule has 0 aliphatic carbocycles. The number of nitrogens with zero attached hydrogens (tertiary/aromatic N) is 1. The fourth-order valence-corrected chi connectivity index (χ4v) is 0.506. The molecule has 0 aromatic heterocycles. The van der Waals surface area contributed by atoms with E-state index in [1.807, 2.05) is 0 Å². The van der Waals surface area contributed by atoms with Crippen LogP contribution >= 0.6 is 0 Å². The summed E-state index contributed by atoms with van der Waals surface area (Å²) in [5, 5.41) is 8.29. The third-order valence-corrected chi connectivity index (χ3v) is 0.922. The van der Waals surface area contributed by atoms with Gasteiger partial charge in [-0.1, -0.05) is 0 Å². The molecule has 3 heteroatoms. The molecule has 9 heavy (non-hydrogen) atoms. The van der Waals surface area contributed by atoms with Gasteiger partial charge in [-0.05, 0) is 18.2 Å². The lowest BCUT2D eigenvalue weighted by Crippen LogP contribution is -1.89. The molecular formula is C6H5NO2+. The van der Waals surface area contributed by atoms with Gasteiger partial charge in [-0.25, -0.2) is 5.21 Å². The fraction of sp³-hybridized carbons (Fsp3) is 0. The number of rotatable bonds is 1. The standard InChI is InChI=1S/C6H5NO2/c8-7(9)6-4-2-1-3-5-6/h2-5H,(H,8,9)/q+1. The van der Waals surface area contributed by atoms with Crippen molar-refractivity contribution in [1.29, 1.82) is 0 Å². The Labute approximate surface area is 52.1 Å². The van der Waals surface area contributed by atoms with E-state index >= 15 is 0 Å². The molecule has 1 aromatic rings. The molecule has 0 saturated carbocycles. The lowest BCUT2D eigenvalue weighted by Gasteiger charge is -1.78. The normalized spacial score (nSPS) is 8.89. The smallest absolute Gasteiger partial charge is 0.241 e. The van der Waals surface area contributed by atoms with E-state index in [9.17, 15) is 4.91 Å². The largest absolute Gasteiger partial charge is 0.316 e. The first-order valence-electron chi connectivity index (χ1n) is 2.43. The van der Waals surface area contributed by atoms with Crippen LogP contribution in [0.1, 0.15) is 0 Å². The summed E-state index contributed by atoms with van der Waals surface area (Å²) < 4.78 is 0. The minimum atomic E-state index is -0.187. The van der Waals surface area contributed by atoms with Crippen LogP contribution in [0, 0.1) is 11.0 Å². The van der Waals surface area contributed by atoms with Crippen LogP contribution in [0.5, 0.6) is 0 Å². The Hall–Kier alpha value is -1.38. The zero-order chi connectivity index (χ0) is 6.69. The summed E-state index contributed by atoms with van der Waals surface area (Å²) >= 11 is 0. The zero-order valence-electron chi connectivity index (χ0n) is 4.61. The monoisotopic (exact) mass is 123 g/mol. The molecule has 0 aliphatic rings. The number of hydrogen-bond acceptors (Lipinski definition) is 1. The van der Waals surface area contributed by atoms with Crippen LogP contribution in [0.3, 0.4) is 0 Å². The molecule has 0 spiro atoms. The summed E-state index contributed by atoms with van der Waals surface area (Å²) in [4.78, 5) is 9.92. The minimum Gasteiger partial charge on any atom is -0.241 e. The van der Waals surface area contributed by atoms with Crippen molar-refractivity contribution in [3.8, 4) is 0 Å². The minimum absolute atomic E-state index is 0.187. The van der Waals surface area contributed by atoms with Crippen molar-refractivity contribution in [3.05, 3.63) is 35.2 Å². The predicted molar refractivity (Wildman–Crippen MR) is 30.4 cm³/mol. The molecule has 1 rings (SSSR count). The molecule has 0 saturated heterocycles. The summed E-state index contributed by atoms with van der Waals surface area (Å²) in [5.41, 5.74) is 0.216. The zero-order valence-corrected chi connectivity index (χ0v) is 4.61. The molecule has 0 heterocycles. The van der Waals surface area contributed by atoms with Crippen LogP contribution < -0.4 is 0 Å². The van der Waals surface area contributed by atoms with Crippen molar-refractivity contribution in [2.45, 2.75) is 0 Å². The van der Waals surface area contributed by atoms with Gasteiger partial charge in [-0.3, -0.25) is 0 Å². The average Bonchev–Trinajstić information content (AvgIpc) is 1.90. The average molecular weight is 123 g/mol. The van der Waals surface area contributed by atoms with Crippen LogP contribution in [0.25, 0.3) is 0 Å². The Bertz CT molecular complexity index is 208. The van der Waals surface area contributed by atoms with E-state index < -0.39 is 0 Å². The Morgan fingerprint density at radius 2 is 2.00 bits per heavy atom. The fourth-order valence-electron chi connectivity index (χ4n) is 0.506. The van der Waals surface area contributed by atoms with Crippen molar-refractivity contribution in [3.63, 3.8) is 0 Å². The van der Waals surface area contributed by atoms with Crippen LogP contribution in [-0.2, 0) is 0 Å². The summed E-state index contributed by atoms with van der Waals surface area (Å²) in [7, 11) is 0. The van der Waals surface area contributed by atoms with Gasteiger partial charge in [0, 0.05) is 12.1 Å². The van der Waals surface area contributed by atoms with E-state index in [1.165, 1.54) is 12.1 Å². The van der Waals surface area contributed by atoms with Gasteiger partial charge in [0.1, 0.15) is 0 Å². The maximum absolute atomic E-state index is 10.1. The van der Waals surface area contributed by atoms with E-state index in [2.05, 4.69) is 6.07 Å². The van der Waals surface area contributed by atoms with Crippen LogP contribution in [-0.4, -0.2) is 10.1 Å². The molecule has 1 N–H and O–H groups in total. The second-order valence-corrected chi connectivity index (χ2v) is 1.53. The predicted octanol–water partition coefficient (Wildman–Crippen LogP) is 1.29. The molecule has 1 radical (unpaired) electrons. The molecule has 0 aliphatic heterocycles. The molecule has 1 aromatic carbocycles. The summed E-state index contributed by atoms with van der Waals surface area (Å²) in [6.07, 6.45) is 0.